The summed E-state index contributed by atoms with van der Waals surface area (Å²) in [5, 5.41) is 6.13. The first-order chi connectivity index (χ1) is 8.36. The average Bonchev–Trinajstić information content (AvgIpc) is 2.41. The molecule has 98 valence electrons. The molecule has 0 aromatic heterocycles. The van der Waals surface area contributed by atoms with Gasteiger partial charge in [-0.1, -0.05) is 6.42 Å². The van der Waals surface area contributed by atoms with Crippen LogP contribution in [0.2, 0.25) is 0 Å². The third-order valence-corrected chi connectivity index (χ3v) is 3.41. The highest BCUT2D eigenvalue weighted by Gasteiger charge is 2.20. The summed E-state index contributed by atoms with van der Waals surface area (Å²) < 4.78 is 5.27. The lowest BCUT2D eigenvalue weighted by Crippen LogP contribution is -2.52. The van der Waals surface area contributed by atoms with E-state index in [1.807, 2.05) is 0 Å². The normalized spacial score (nSPS) is 26.7. The number of piperidine rings is 1. The second-order valence-electron chi connectivity index (χ2n) is 4.77. The highest BCUT2D eigenvalue weighted by molar-refractivity contribution is 5.81. The summed E-state index contributed by atoms with van der Waals surface area (Å²) in [6.45, 7) is 6.05. The van der Waals surface area contributed by atoms with Crippen molar-refractivity contribution in [3.8, 4) is 0 Å². The van der Waals surface area contributed by atoms with E-state index in [0.29, 0.717) is 13.2 Å². The predicted octanol–water partition coefficient (Wildman–Crippen LogP) is -0.423. The third-order valence-electron chi connectivity index (χ3n) is 3.41. The number of likely N-dealkylation sites (tertiary alicyclic amines) is 1. The van der Waals surface area contributed by atoms with Gasteiger partial charge in [0.15, 0.2) is 0 Å². The van der Waals surface area contributed by atoms with Crippen molar-refractivity contribution in [3.05, 3.63) is 0 Å². The molecule has 5 heteroatoms. The van der Waals surface area contributed by atoms with Gasteiger partial charge < -0.3 is 20.3 Å². The number of nitrogens with zero attached hydrogens (tertiary/aromatic N) is 1. The first-order valence-electron chi connectivity index (χ1n) is 6.67. The predicted molar refractivity (Wildman–Crippen MR) is 65.9 cm³/mol. The molecule has 2 aliphatic heterocycles. The van der Waals surface area contributed by atoms with Crippen molar-refractivity contribution >= 4 is 5.91 Å². The molecule has 2 aliphatic rings. The van der Waals surface area contributed by atoms with Gasteiger partial charge in [-0.15, -0.1) is 0 Å². The van der Waals surface area contributed by atoms with Crippen LogP contribution in [0.15, 0.2) is 0 Å². The van der Waals surface area contributed by atoms with Crippen LogP contribution in [0.1, 0.15) is 19.3 Å². The van der Waals surface area contributed by atoms with Gasteiger partial charge in [0.05, 0.1) is 13.2 Å². The molecule has 0 bridgehead atoms. The van der Waals surface area contributed by atoms with E-state index in [-0.39, 0.29) is 11.9 Å². The summed E-state index contributed by atoms with van der Waals surface area (Å²) in [4.78, 5) is 14.2. The highest BCUT2D eigenvalue weighted by atomic mass is 16.5. The fourth-order valence-electron chi connectivity index (χ4n) is 2.38. The molecule has 2 fully saturated rings. The minimum atomic E-state index is -0.162. The summed E-state index contributed by atoms with van der Waals surface area (Å²) in [6.07, 6.45) is 3.95. The number of hydrogen-bond acceptors (Lipinski definition) is 4. The Bertz CT molecular complexity index is 236. The maximum absolute atomic E-state index is 11.8. The van der Waals surface area contributed by atoms with Crippen LogP contribution in [-0.2, 0) is 9.53 Å². The van der Waals surface area contributed by atoms with Crippen LogP contribution in [0, 0.1) is 0 Å². The van der Waals surface area contributed by atoms with E-state index in [1.165, 1.54) is 32.4 Å². The zero-order valence-electron chi connectivity index (χ0n) is 10.4. The lowest BCUT2D eigenvalue weighted by atomic mass is 10.1. The molecule has 0 radical (unpaired) electrons. The van der Waals surface area contributed by atoms with Crippen LogP contribution >= 0.6 is 0 Å². The molecule has 0 saturated carbocycles. The highest BCUT2D eigenvalue weighted by Crippen LogP contribution is 2.07. The minimum Gasteiger partial charge on any atom is -0.378 e. The first kappa shape index (κ1) is 12.8. The average molecular weight is 241 g/mol. The Hall–Kier alpha value is -0.650. The largest absolute Gasteiger partial charge is 0.378 e. The van der Waals surface area contributed by atoms with Gasteiger partial charge in [0.1, 0.15) is 6.04 Å². The summed E-state index contributed by atoms with van der Waals surface area (Å²) >= 11 is 0. The standard InChI is InChI=1S/C12H23N3O2/c16-12(11-10-17-9-5-13-11)14-4-8-15-6-2-1-3-7-15/h11,13H,1-10H2,(H,14,16). The van der Waals surface area contributed by atoms with Crippen molar-refractivity contribution in [3.63, 3.8) is 0 Å². The Morgan fingerprint density at radius 1 is 1.35 bits per heavy atom. The molecule has 5 nitrogen and oxygen atoms in total. The van der Waals surface area contributed by atoms with E-state index in [2.05, 4.69) is 15.5 Å². The molecule has 2 heterocycles. The molecule has 2 N–H and O–H groups in total. The number of carbonyl (C=O) groups excluding carboxylic acids is 1. The minimum absolute atomic E-state index is 0.0710. The van der Waals surface area contributed by atoms with Crippen LogP contribution in [0.4, 0.5) is 0 Å². The molecule has 0 aliphatic carbocycles. The Balaban J connectivity index is 1.58. The van der Waals surface area contributed by atoms with E-state index in [4.69, 9.17) is 4.74 Å². The number of nitrogens with one attached hydrogen (secondary N) is 2. The maximum Gasteiger partial charge on any atom is 0.239 e. The molecule has 0 aromatic carbocycles. The summed E-state index contributed by atoms with van der Waals surface area (Å²) in [5.41, 5.74) is 0. The summed E-state index contributed by atoms with van der Waals surface area (Å²) in [7, 11) is 0. The lowest BCUT2D eigenvalue weighted by molar-refractivity contribution is -0.125. The van der Waals surface area contributed by atoms with Gasteiger partial charge in [-0.05, 0) is 25.9 Å². The van der Waals surface area contributed by atoms with Crippen LogP contribution in [0.25, 0.3) is 0 Å². The van der Waals surface area contributed by atoms with Gasteiger partial charge in [0, 0.05) is 19.6 Å². The van der Waals surface area contributed by atoms with E-state index >= 15 is 0 Å². The molecule has 0 spiro atoms. The van der Waals surface area contributed by atoms with Gasteiger partial charge in [-0.3, -0.25) is 4.79 Å². The quantitative estimate of drug-likeness (QED) is 0.702. The molecular weight excluding hydrogens is 218 g/mol. The molecule has 2 rings (SSSR count). The van der Waals surface area contributed by atoms with Gasteiger partial charge in [0.25, 0.3) is 0 Å². The topological polar surface area (TPSA) is 53.6 Å². The monoisotopic (exact) mass is 241 g/mol. The fraction of sp³-hybridized carbons (Fsp3) is 0.917. The number of morpholine rings is 1. The Morgan fingerprint density at radius 3 is 2.88 bits per heavy atom. The zero-order chi connectivity index (χ0) is 11.9. The van der Waals surface area contributed by atoms with E-state index < -0.39 is 0 Å². The van der Waals surface area contributed by atoms with Crippen molar-refractivity contribution in [2.24, 2.45) is 0 Å². The Kier molecular flexibility index (Phi) is 5.22. The molecule has 1 amide bonds. The Morgan fingerprint density at radius 2 is 2.18 bits per heavy atom. The Labute approximate surface area is 103 Å². The smallest absolute Gasteiger partial charge is 0.239 e. The molecule has 2 saturated heterocycles. The second kappa shape index (κ2) is 6.93. The van der Waals surface area contributed by atoms with E-state index in [1.54, 1.807) is 0 Å². The van der Waals surface area contributed by atoms with Gasteiger partial charge in [-0.25, -0.2) is 0 Å². The number of rotatable bonds is 4. The van der Waals surface area contributed by atoms with Gasteiger partial charge >= 0.3 is 0 Å². The van der Waals surface area contributed by atoms with Crippen molar-refractivity contribution < 1.29 is 9.53 Å². The van der Waals surface area contributed by atoms with Crippen LogP contribution < -0.4 is 10.6 Å². The molecule has 1 atom stereocenters. The van der Waals surface area contributed by atoms with Crippen LogP contribution in [0.5, 0.6) is 0 Å². The van der Waals surface area contributed by atoms with E-state index in [0.717, 1.165) is 19.6 Å². The molecule has 1 unspecified atom stereocenters. The fourth-order valence-corrected chi connectivity index (χ4v) is 2.38. The second-order valence-corrected chi connectivity index (χ2v) is 4.77. The van der Waals surface area contributed by atoms with Crippen LogP contribution in [0.3, 0.4) is 0 Å². The zero-order valence-corrected chi connectivity index (χ0v) is 10.4. The van der Waals surface area contributed by atoms with Crippen molar-refractivity contribution in [2.75, 3.05) is 45.9 Å². The van der Waals surface area contributed by atoms with Crippen molar-refractivity contribution in [1.29, 1.82) is 0 Å². The lowest BCUT2D eigenvalue weighted by Gasteiger charge is -2.27. The van der Waals surface area contributed by atoms with Crippen LogP contribution in [-0.4, -0.2) is 62.8 Å². The number of amides is 1. The SMILES string of the molecule is O=C(NCCN1CCCCC1)C1COCCN1. The third kappa shape index (κ3) is 4.26. The van der Waals surface area contributed by atoms with Crippen molar-refractivity contribution in [1.82, 2.24) is 15.5 Å². The van der Waals surface area contributed by atoms with Gasteiger partial charge in [0.2, 0.25) is 5.91 Å². The molecular formula is C12H23N3O2. The number of ether oxygens (including phenoxy) is 1. The maximum atomic E-state index is 11.8. The summed E-state index contributed by atoms with van der Waals surface area (Å²) in [5.74, 6) is 0.0710. The van der Waals surface area contributed by atoms with Gasteiger partial charge in [-0.2, -0.15) is 0 Å². The molecule has 17 heavy (non-hydrogen) atoms. The first-order valence-corrected chi connectivity index (χ1v) is 6.67. The summed E-state index contributed by atoms with van der Waals surface area (Å²) in [6, 6.07) is -0.162. The number of carbonyl (C=O) groups is 1. The molecule has 0 aromatic rings. The van der Waals surface area contributed by atoms with E-state index in [9.17, 15) is 4.79 Å². The van der Waals surface area contributed by atoms with Crippen molar-refractivity contribution in [2.45, 2.75) is 25.3 Å². The number of hydrogen-bond donors (Lipinski definition) is 2.